The maximum atomic E-state index is 12.2. The molecule has 1 saturated heterocycles. The van der Waals surface area contributed by atoms with E-state index in [9.17, 15) is 10.1 Å². The molecule has 1 aromatic carbocycles. The van der Waals surface area contributed by atoms with Crippen molar-refractivity contribution in [2.24, 2.45) is 0 Å². The smallest absolute Gasteiger partial charge is 0.270 e. The predicted octanol–water partition coefficient (Wildman–Crippen LogP) is 3.73. The van der Waals surface area contributed by atoms with Gasteiger partial charge in [-0.3, -0.25) is 4.79 Å². The number of aromatic amines is 1. The molecule has 124 valence electrons. The van der Waals surface area contributed by atoms with E-state index in [1.165, 1.54) is 18.2 Å². The second kappa shape index (κ2) is 7.97. The van der Waals surface area contributed by atoms with E-state index in [4.69, 9.17) is 4.74 Å². The highest BCUT2D eigenvalue weighted by Gasteiger charge is 2.17. The van der Waals surface area contributed by atoms with E-state index in [2.05, 4.69) is 25.9 Å². The van der Waals surface area contributed by atoms with Gasteiger partial charge in [-0.2, -0.15) is 5.26 Å². The van der Waals surface area contributed by atoms with Gasteiger partial charge in [0.15, 0.2) is 5.16 Å². The third-order valence-corrected chi connectivity index (χ3v) is 5.34. The molecule has 1 aliphatic rings. The highest BCUT2D eigenvalue weighted by Crippen LogP contribution is 2.25. The summed E-state index contributed by atoms with van der Waals surface area (Å²) in [4.78, 5) is 19.4. The molecule has 2 heterocycles. The number of halogens is 1. The molecule has 7 heteroatoms. The predicted molar refractivity (Wildman–Crippen MR) is 97.0 cm³/mol. The average Bonchev–Trinajstić information content (AvgIpc) is 2.61. The first-order valence-electron chi connectivity index (χ1n) is 7.72. The van der Waals surface area contributed by atoms with E-state index in [-0.39, 0.29) is 11.7 Å². The Bertz CT molecular complexity index is 808. The van der Waals surface area contributed by atoms with Crippen molar-refractivity contribution in [2.45, 2.75) is 30.5 Å². The molecule has 1 N–H and O–H groups in total. The average molecular weight is 406 g/mol. The van der Waals surface area contributed by atoms with Crippen LogP contribution in [0.2, 0.25) is 0 Å². The Morgan fingerprint density at radius 1 is 1.38 bits per heavy atom. The van der Waals surface area contributed by atoms with Gasteiger partial charge in [-0.1, -0.05) is 39.8 Å². The molecule has 1 aliphatic heterocycles. The summed E-state index contributed by atoms with van der Waals surface area (Å²) >= 11 is 4.84. The van der Waals surface area contributed by atoms with Crippen molar-refractivity contribution >= 4 is 27.7 Å². The van der Waals surface area contributed by atoms with Gasteiger partial charge in [-0.15, -0.1) is 0 Å². The van der Waals surface area contributed by atoms with Crippen LogP contribution in [-0.2, 0) is 4.74 Å². The van der Waals surface area contributed by atoms with E-state index in [0.717, 1.165) is 35.2 Å². The molecule has 0 radical (unpaired) electrons. The Morgan fingerprint density at radius 2 is 2.17 bits per heavy atom. The van der Waals surface area contributed by atoms with Crippen LogP contribution in [0.4, 0.5) is 0 Å². The normalized spacial score (nSPS) is 17.4. The summed E-state index contributed by atoms with van der Waals surface area (Å²) in [6, 6.07) is 9.36. The molecule has 0 aliphatic carbocycles. The summed E-state index contributed by atoms with van der Waals surface area (Å²) in [5.74, 6) is 0.745. The van der Waals surface area contributed by atoms with Crippen LogP contribution in [-0.4, -0.2) is 28.4 Å². The third-order valence-electron chi connectivity index (χ3n) is 3.81. The molecule has 5 nitrogen and oxygen atoms in total. The number of aromatic nitrogens is 2. The fourth-order valence-electron chi connectivity index (χ4n) is 2.55. The lowest BCUT2D eigenvalue weighted by Crippen LogP contribution is -2.22. The lowest BCUT2D eigenvalue weighted by atomic mass is 10.1. The Morgan fingerprint density at radius 3 is 2.83 bits per heavy atom. The zero-order valence-electron chi connectivity index (χ0n) is 12.9. The number of benzene rings is 1. The molecule has 3 rings (SSSR count). The topological polar surface area (TPSA) is 78.8 Å². The molecule has 0 saturated carbocycles. The molecule has 1 atom stereocenters. The fraction of sp³-hybridized carbons (Fsp3) is 0.353. The van der Waals surface area contributed by atoms with Gasteiger partial charge in [0.05, 0.1) is 11.8 Å². The maximum Gasteiger partial charge on any atom is 0.270 e. The lowest BCUT2D eigenvalue weighted by molar-refractivity contribution is 0.0315. The van der Waals surface area contributed by atoms with Crippen molar-refractivity contribution in [2.75, 3.05) is 12.4 Å². The van der Waals surface area contributed by atoms with Crippen molar-refractivity contribution < 1.29 is 4.74 Å². The number of hydrogen-bond donors (Lipinski definition) is 1. The summed E-state index contributed by atoms with van der Waals surface area (Å²) in [5, 5.41) is 9.81. The molecule has 24 heavy (non-hydrogen) atoms. The van der Waals surface area contributed by atoms with E-state index in [0.29, 0.717) is 10.9 Å². The minimum atomic E-state index is -0.405. The minimum Gasteiger partial charge on any atom is -0.377 e. The number of H-pyrrole nitrogens is 1. The first kappa shape index (κ1) is 17.2. The molecule has 2 aromatic rings. The Labute approximate surface area is 152 Å². The summed E-state index contributed by atoms with van der Waals surface area (Å²) in [6.45, 7) is 0.798. The minimum absolute atomic E-state index is 0.0376. The quantitative estimate of drug-likeness (QED) is 0.618. The highest BCUT2D eigenvalue weighted by atomic mass is 79.9. The van der Waals surface area contributed by atoms with Gasteiger partial charge in [-0.25, -0.2) is 4.98 Å². The Hall–Kier alpha value is -1.62. The molecular formula is C17H16BrN3O2S. The van der Waals surface area contributed by atoms with Crippen LogP contribution in [0.1, 0.15) is 24.8 Å². The Kier molecular flexibility index (Phi) is 5.72. The van der Waals surface area contributed by atoms with Crippen LogP contribution in [0.15, 0.2) is 38.7 Å². The summed E-state index contributed by atoms with van der Waals surface area (Å²) < 4.78 is 6.63. The molecule has 1 unspecified atom stereocenters. The maximum absolute atomic E-state index is 12.2. The van der Waals surface area contributed by atoms with Gasteiger partial charge in [0.25, 0.3) is 5.56 Å². The second-order valence-electron chi connectivity index (χ2n) is 5.51. The molecule has 1 aromatic heterocycles. The van der Waals surface area contributed by atoms with Crippen molar-refractivity contribution in [3.05, 3.63) is 44.7 Å². The molecular weight excluding hydrogens is 390 g/mol. The van der Waals surface area contributed by atoms with Crippen LogP contribution < -0.4 is 5.56 Å². The number of thioether (sulfide) groups is 1. The number of rotatable bonds is 4. The van der Waals surface area contributed by atoms with E-state index in [1.54, 1.807) is 0 Å². The highest BCUT2D eigenvalue weighted by molar-refractivity contribution is 9.10. The van der Waals surface area contributed by atoms with Crippen molar-refractivity contribution in [3.63, 3.8) is 0 Å². The molecule has 0 amide bonds. The van der Waals surface area contributed by atoms with E-state index < -0.39 is 5.56 Å². The standard InChI is InChI=1S/C17H16BrN3O2S/c18-12-6-4-11(5-7-12)15-14(9-19)16(22)21-17(20-15)24-10-13-3-1-2-8-23-13/h4-7,13H,1-3,8,10H2,(H,20,21,22). The van der Waals surface area contributed by atoms with Crippen LogP contribution in [0.5, 0.6) is 0 Å². The zero-order valence-corrected chi connectivity index (χ0v) is 15.3. The molecule has 1 fully saturated rings. The number of ether oxygens (including phenoxy) is 1. The van der Waals surface area contributed by atoms with Gasteiger partial charge in [0, 0.05) is 22.4 Å². The van der Waals surface area contributed by atoms with Gasteiger partial charge in [0.1, 0.15) is 11.6 Å². The first-order valence-corrected chi connectivity index (χ1v) is 9.50. The number of nitrogens with one attached hydrogen (secondary N) is 1. The number of nitrogens with zero attached hydrogens (tertiary/aromatic N) is 2. The van der Waals surface area contributed by atoms with Crippen molar-refractivity contribution in [1.29, 1.82) is 5.26 Å². The molecule has 0 spiro atoms. The van der Waals surface area contributed by atoms with Crippen molar-refractivity contribution in [3.8, 4) is 17.3 Å². The van der Waals surface area contributed by atoms with Crippen LogP contribution in [0, 0.1) is 11.3 Å². The summed E-state index contributed by atoms with van der Waals surface area (Å²) in [5.41, 5.74) is 0.797. The van der Waals surface area contributed by atoms with Crippen molar-refractivity contribution in [1.82, 2.24) is 9.97 Å². The number of hydrogen-bond acceptors (Lipinski definition) is 5. The van der Waals surface area contributed by atoms with Gasteiger partial charge in [0.2, 0.25) is 0 Å². The number of nitriles is 1. The van der Waals surface area contributed by atoms with E-state index in [1.807, 2.05) is 30.3 Å². The van der Waals surface area contributed by atoms with Gasteiger partial charge in [-0.05, 0) is 31.4 Å². The molecule has 0 bridgehead atoms. The lowest BCUT2D eigenvalue weighted by Gasteiger charge is -2.21. The SMILES string of the molecule is N#Cc1c(-c2ccc(Br)cc2)nc(SCC2CCCCO2)[nH]c1=O. The zero-order chi connectivity index (χ0) is 16.9. The Balaban J connectivity index is 1.87. The van der Waals surface area contributed by atoms with Crippen LogP contribution >= 0.6 is 27.7 Å². The van der Waals surface area contributed by atoms with Gasteiger partial charge >= 0.3 is 0 Å². The second-order valence-corrected chi connectivity index (χ2v) is 7.44. The summed E-state index contributed by atoms with van der Waals surface area (Å²) in [6.07, 6.45) is 3.52. The van der Waals surface area contributed by atoms with Crippen LogP contribution in [0.3, 0.4) is 0 Å². The monoisotopic (exact) mass is 405 g/mol. The van der Waals surface area contributed by atoms with Crippen LogP contribution in [0.25, 0.3) is 11.3 Å². The summed E-state index contributed by atoms with van der Waals surface area (Å²) in [7, 11) is 0. The fourth-order valence-corrected chi connectivity index (χ4v) is 3.74. The van der Waals surface area contributed by atoms with Gasteiger partial charge < -0.3 is 9.72 Å². The first-order chi connectivity index (χ1) is 11.7. The largest absolute Gasteiger partial charge is 0.377 e. The van der Waals surface area contributed by atoms with E-state index >= 15 is 0 Å². The third kappa shape index (κ3) is 4.07.